The Hall–Kier alpha value is -0.570. The van der Waals surface area contributed by atoms with Crippen molar-refractivity contribution in [1.29, 1.82) is 0 Å². The molecule has 0 aromatic heterocycles. The molecule has 1 aliphatic carbocycles. The van der Waals surface area contributed by atoms with Crippen LogP contribution in [0.5, 0.6) is 0 Å². The number of nitrogens with one attached hydrogen (secondary N) is 1. The molecule has 1 heterocycles. The van der Waals surface area contributed by atoms with Crippen LogP contribution in [0.3, 0.4) is 0 Å². The van der Waals surface area contributed by atoms with Crippen LogP contribution in [0.4, 0.5) is 0 Å². The standard InChI is InChI=1S/C13H24N2O/c1-10(13(2)6-7-13)15(3)12(16)9-11-5-4-8-14-11/h10-11,14H,4-9H2,1-3H3. The number of hydrogen-bond acceptors (Lipinski definition) is 2. The fourth-order valence-corrected chi connectivity index (χ4v) is 2.58. The van der Waals surface area contributed by atoms with Crippen LogP contribution in [0.15, 0.2) is 0 Å². The van der Waals surface area contributed by atoms with Gasteiger partial charge in [-0.3, -0.25) is 4.79 Å². The first-order valence-electron chi connectivity index (χ1n) is 6.52. The minimum atomic E-state index is 0.306. The zero-order valence-electron chi connectivity index (χ0n) is 10.8. The van der Waals surface area contributed by atoms with Crippen LogP contribution >= 0.6 is 0 Å². The van der Waals surface area contributed by atoms with Gasteiger partial charge in [0.2, 0.25) is 5.91 Å². The smallest absolute Gasteiger partial charge is 0.224 e. The first-order chi connectivity index (χ1) is 7.53. The second-order valence-electron chi connectivity index (χ2n) is 5.83. The number of nitrogens with zero attached hydrogens (tertiary/aromatic N) is 1. The van der Waals surface area contributed by atoms with Gasteiger partial charge in [0.1, 0.15) is 0 Å². The maximum absolute atomic E-state index is 12.1. The minimum absolute atomic E-state index is 0.306. The van der Waals surface area contributed by atoms with Crippen LogP contribution in [0.2, 0.25) is 0 Å². The first kappa shape index (κ1) is 11.9. The van der Waals surface area contributed by atoms with Crippen molar-refractivity contribution in [1.82, 2.24) is 10.2 Å². The Labute approximate surface area is 98.6 Å². The van der Waals surface area contributed by atoms with Crippen LogP contribution in [0.25, 0.3) is 0 Å². The summed E-state index contributed by atoms with van der Waals surface area (Å²) in [5, 5.41) is 3.39. The van der Waals surface area contributed by atoms with Gasteiger partial charge >= 0.3 is 0 Å². The number of rotatable bonds is 4. The molecule has 2 unspecified atom stereocenters. The average Bonchev–Trinajstić information content (AvgIpc) is 2.80. The molecule has 0 aromatic carbocycles. The summed E-state index contributed by atoms with van der Waals surface area (Å²) in [5.41, 5.74) is 0.396. The zero-order chi connectivity index (χ0) is 11.8. The Bertz CT molecular complexity index is 267. The van der Waals surface area contributed by atoms with Gasteiger partial charge in [0, 0.05) is 25.6 Å². The van der Waals surface area contributed by atoms with Crippen molar-refractivity contribution in [2.24, 2.45) is 5.41 Å². The molecule has 3 nitrogen and oxygen atoms in total. The van der Waals surface area contributed by atoms with Crippen LogP contribution in [0.1, 0.15) is 46.0 Å². The lowest BCUT2D eigenvalue weighted by molar-refractivity contribution is -0.133. The molecule has 1 saturated heterocycles. The lowest BCUT2D eigenvalue weighted by Gasteiger charge is -2.31. The van der Waals surface area contributed by atoms with E-state index in [4.69, 9.17) is 0 Å². The summed E-state index contributed by atoms with van der Waals surface area (Å²) in [7, 11) is 1.96. The Morgan fingerprint density at radius 1 is 1.56 bits per heavy atom. The first-order valence-corrected chi connectivity index (χ1v) is 6.52. The Kier molecular flexibility index (Phi) is 3.24. The van der Waals surface area contributed by atoms with Crippen LogP contribution in [0, 0.1) is 5.41 Å². The molecule has 0 bridgehead atoms. The monoisotopic (exact) mass is 224 g/mol. The number of hydrogen-bond donors (Lipinski definition) is 1. The molecule has 1 amide bonds. The summed E-state index contributed by atoms with van der Waals surface area (Å²) >= 11 is 0. The Morgan fingerprint density at radius 2 is 2.25 bits per heavy atom. The van der Waals surface area contributed by atoms with E-state index in [0.717, 1.165) is 13.0 Å². The highest BCUT2D eigenvalue weighted by Gasteiger charge is 2.45. The van der Waals surface area contributed by atoms with Crippen molar-refractivity contribution >= 4 is 5.91 Å². The van der Waals surface area contributed by atoms with E-state index in [2.05, 4.69) is 19.2 Å². The molecule has 2 rings (SSSR count). The molecule has 0 spiro atoms. The lowest BCUT2D eigenvalue weighted by Crippen LogP contribution is -2.42. The molecule has 1 aliphatic heterocycles. The number of amides is 1. The highest BCUT2D eigenvalue weighted by molar-refractivity contribution is 5.77. The predicted octanol–water partition coefficient (Wildman–Crippen LogP) is 1.78. The summed E-state index contributed by atoms with van der Waals surface area (Å²) < 4.78 is 0. The fraction of sp³-hybridized carbons (Fsp3) is 0.923. The minimum Gasteiger partial charge on any atom is -0.342 e. The van der Waals surface area contributed by atoms with Crippen molar-refractivity contribution in [2.45, 2.75) is 58.0 Å². The van der Waals surface area contributed by atoms with Crippen LogP contribution in [-0.4, -0.2) is 36.5 Å². The molecule has 3 heteroatoms. The van der Waals surface area contributed by atoms with Gasteiger partial charge in [-0.25, -0.2) is 0 Å². The third kappa shape index (κ3) is 2.40. The molecule has 2 aliphatic rings. The van der Waals surface area contributed by atoms with E-state index in [1.165, 1.54) is 19.3 Å². The third-order valence-corrected chi connectivity index (χ3v) is 4.61. The summed E-state index contributed by atoms with van der Waals surface area (Å²) in [6.07, 6.45) is 5.60. The van der Waals surface area contributed by atoms with E-state index in [1.54, 1.807) is 0 Å². The van der Waals surface area contributed by atoms with Gasteiger partial charge < -0.3 is 10.2 Å². The molecule has 1 N–H and O–H groups in total. The van der Waals surface area contributed by atoms with E-state index < -0.39 is 0 Å². The quantitative estimate of drug-likeness (QED) is 0.789. The fourth-order valence-electron chi connectivity index (χ4n) is 2.58. The molecular weight excluding hydrogens is 200 g/mol. The maximum atomic E-state index is 12.1. The van der Waals surface area contributed by atoms with Crippen molar-refractivity contribution in [3.63, 3.8) is 0 Å². The SMILES string of the molecule is CC(N(C)C(=O)CC1CCCN1)C1(C)CC1. The highest BCUT2D eigenvalue weighted by atomic mass is 16.2. The van der Waals surface area contributed by atoms with Crippen molar-refractivity contribution in [3.8, 4) is 0 Å². The molecule has 0 radical (unpaired) electrons. The van der Waals surface area contributed by atoms with Gasteiger partial charge in [0.15, 0.2) is 0 Å². The second kappa shape index (κ2) is 4.36. The Balaban J connectivity index is 1.83. The van der Waals surface area contributed by atoms with Crippen LogP contribution in [-0.2, 0) is 4.79 Å². The van der Waals surface area contributed by atoms with Crippen LogP contribution < -0.4 is 5.32 Å². The molecule has 0 aromatic rings. The largest absolute Gasteiger partial charge is 0.342 e. The van der Waals surface area contributed by atoms with Crippen molar-refractivity contribution < 1.29 is 4.79 Å². The summed E-state index contributed by atoms with van der Waals surface area (Å²) in [5.74, 6) is 0.306. The molecule has 1 saturated carbocycles. The zero-order valence-corrected chi connectivity index (χ0v) is 10.8. The van der Waals surface area contributed by atoms with Gasteiger partial charge in [-0.2, -0.15) is 0 Å². The summed E-state index contributed by atoms with van der Waals surface area (Å²) in [4.78, 5) is 14.1. The molecule has 92 valence electrons. The summed E-state index contributed by atoms with van der Waals surface area (Å²) in [6.45, 7) is 5.55. The van der Waals surface area contributed by atoms with E-state index in [1.807, 2.05) is 11.9 Å². The maximum Gasteiger partial charge on any atom is 0.224 e. The van der Waals surface area contributed by atoms with Crippen molar-refractivity contribution in [3.05, 3.63) is 0 Å². The number of carbonyl (C=O) groups excluding carboxylic acids is 1. The van der Waals surface area contributed by atoms with E-state index in [9.17, 15) is 4.79 Å². The Morgan fingerprint density at radius 3 is 2.75 bits per heavy atom. The molecule has 2 atom stereocenters. The number of carbonyl (C=O) groups is 1. The van der Waals surface area contributed by atoms with Gasteiger partial charge in [-0.05, 0) is 44.6 Å². The van der Waals surface area contributed by atoms with E-state index in [-0.39, 0.29) is 0 Å². The topological polar surface area (TPSA) is 32.3 Å². The molecular formula is C13H24N2O. The normalized spacial score (nSPS) is 28.8. The predicted molar refractivity (Wildman–Crippen MR) is 65.2 cm³/mol. The molecule has 16 heavy (non-hydrogen) atoms. The highest BCUT2D eigenvalue weighted by Crippen LogP contribution is 2.49. The second-order valence-corrected chi connectivity index (χ2v) is 5.83. The van der Waals surface area contributed by atoms with Gasteiger partial charge in [0.05, 0.1) is 0 Å². The van der Waals surface area contributed by atoms with E-state index in [0.29, 0.717) is 29.8 Å². The van der Waals surface area contributed by atoms with Gasteiger partial charge in [-0.15, -0.1) is 0 Å². The molecule has 2 fully saturated rings. The van der Waals surface area contributed by atoms with Crippen molar-refractivity contribution in [2.75, 3.05) is 13.6 Å². The summed E-state index contributed by atoms with van der Waals surface area (Å²) in [6, 6.07) is 0.815. The third-order valence-electron chi connectivity index (χ3n) is 4.61. The van der Waals surface area contributed by atoms with Gasteiger partial charge in [0.25, 0.3) is 0 Å². The average molecular weight is 224 g/mol. The lowest BCUT2D eigenvalue weighted by atomic mass is 9.99. The van der Waals surface area contributed by atoms with Gasteiger partial charge in [-0.1, -0.05) is 6.92 Å². The van der Waals surface area contributed by atoms with E-state index >= 15 is 0 Å².